The molecule has 0 saturated heterocycles. The Bertz CT molecular complexity index is 992. The standard InChI is InChI=1S/C23H25N3O2/c1-23(2)12-16(14-27)20-18(13-23)26-21(15-8-10-24-11-9-15)22(20)25-17-6-4-5-7-19(17)28-3/h4-11,14,16,25-26H,12-13H2,1-3H3. The first-order chi connectivity index (χ1) is 13.5. The van der Waals surface area contributed by atoms with Crippen molar-refractivity contribution in [3.05, 3.63) is 60.0 Å². The maximum absolute atomic E-state index is 12.0. The molecule has 144 valence electrons. The monoisotopic (exact) mass is 375 g/mol. The van der Waals surface area contributed by atoms with Gasteiger partial charge in [0.05, 0.1) is 24.2 Å². The van der Waals surface area contributed by atoms with Crippen LogP contribution >= 0.6 is 0 Å². The van der Waals surface area contributed by atoms with Crippen molar-refractivity contribution in [2.24, 2.45) is 5.41 Å². The number of rotatable bonds is 5. The fourth-order valence-electron chi connectivity index (χ4n) is 4.23. The molecule has 4 rings (SSSR count). The van der Waals surface area contributed by atoms with E-state index in [0.29, 0.717) is 0 Å². The van der Waals surface area contributed by atoms with E-state index >= 15 is 0 Å². The number of nitrogens with one attached hydrogen (secondary N) is 2. The third kappa shape index (κ3) is 3.28. The lowest BCUT2D eigenvalue weighted by Gasteiger charge is -2.33. The van der Waals surface area contributed by atoms with Gasteiger partial charge in [-0.25, -0.2) is 0 Å². The number of ether oxygens (including phenoxy) is 1. The Balaban J connectivity index is 1.90. The third-order valence-electron chi connectivity index (χ3n) is 5.42. The number of hydrogen-bond acceptors (Lipinski definition) is 4. The summed E-state index contributed by atoms with van der Waals surface area (Å²) < 4.78 is 5.52. The summed E-state index contributed by atoms with van der Waals surface area (Å²) in [7, 11) is 1.66. The number of carbonyl (C=O) groups is 1. The normalized spacial score (nSPS) is 17.6. The molecule has 0 aliphatic heterocycles. The lowest BCUT2D eigenvalue weighted by molar-refractivity contribution is -0.109. The minimum atomic E-state index is -0.150. The molecular formula is C23H25N3O2. The highest BCUT2D eigenvalue weighted by atomic mass is 16.5. The summed E-state index contributed by atoms with van der Waals surface area (Å²) in [6.07, 6.45) is 6.37. The second-order valence-corrected chi connectivity index (χ2v) is 8.12. The molecule has 28 heavy (non-hydrogen) atoms. The number of carbonyl (C=O) groups excluding carboxylic acids is 1. The summed E-state index contributed by atoms with van der Waals surface area (Å²) >= 11 is 0. The van der Waals surface area contributed by atoms with Crippen molar-refractivity contribution < 1.29 is 9.53 Å². The van der Waals surface area contributed by atoms with E-state index in [1.807, 2.05) is 36.4 Å². The highest BCUT2D eigenvalue weighted by Gasteiger charge is 2.36. The lowest BCUT2D eigenvalue weighted by atomic mass is 9.71. The summed E-state index contributed by atoms with van der Waals surface area (Å²) in [5.41, 5.74) is 6.08. The van der Waals surface area contributed by atoms with Gasteiger partial charge in [0.2, 0.25) is 0 Å². The Kier molecular flexibility index (Phi) is 4.67. The molecule has 5 heteroatoms. The van der Waals surface area contributed by atoms with Crippen molar-refractivity contribution in [1.82, 2.24) is 9.97 Å². The maximum Gasteiger partial charge on any atom is 0.142 e. The number of aromatic amines is 1. The molecule has 0 spiro atoms. The second kappa shape index (κ2) is 7.15. The zero-order chi connectivity index (χ0) is 19.7. The topological polar surface area (TPSA) is 67.0 Å². The predicted octanol–water partition coefficient (Wildman–Crippen LogP) is 5.08. The zero-order valence-corrected chi connectivity index (χ0v) is 16.5. The third-order valence-corrected chi connectivity index (χ3v) is 5.42. The fraction of sp³-hybridized carbons (Fsp3) is 0.304. The van der Waals surface area contributed by atoms with E-state index in [2.05, 4.69) is 29.1 Å². The summed E-state index contributed by atoms with van der Waals surface area (Å²) in [5, 5.41) is 3.55. The van der Waals surface area contributed by atoms with Crippen molar-refractivity contribution in [1.29, 1.82) is 0 Å². The molecule has 0 amide bonds. The number of para-hydroxylation sites is 2. The molecule has 1 unspecified atom stereocenters. The van der Waals surface area contributed by atoms with Gasteiger partial charge >= 0.3 is 0 Å². The Labute approximate surface area is 165 Å². The molecule has 5 nitrogen and oxygen atoms in total. The van der Waals surface area contributed by atoms with Crippen LogP contribution in [0.5, 0.6) is 5.75 Å². The molecule has 0 bridgehead atoms. The molecular weight excluding hydrogens is 350 g/mol. The smallest absolute Gasteiger partial charge is 0.142 e. The van der Waals surface area contributed by atoms with Crippen LogP contribution in [0.25, 0.3) is 11.3 Å². The van der Waals surface area contributed by atoms with E-state index in [1.54, 1.807) is 19.5 Å². The summed E-state index contributed by atoms with van der Waals surface area (Å²) in [6.45, 7) is 4.43. The number of hydrogen-bond donors (Lipinski definition) is 2. The molecule has 2 heterocycles. The van der Waals surface area contributed by atoms with Crippen LogP contribution in [-0.2, 0) is 11.2 Å². The van der Waals surface area contributed by atoms with Gasteiger partial charge in [-0.2, -0.15) is 0 Å². The molecule has 1 atom stereocenters. The molecule has 0 saturated carbocycles. The Morgan fingerprint density at radius 2 is 1.96 bits per heavy atom. The predicted molar refractivity (Wildman–Crippen MR) is 111 cm³/mol. The highest BCUT2D eigenvalue weighted by Crippen LogP contribution is 2.48. The number of benzene rings is 1. The number of H-pyrrole nitrogens is 1. The van der Waals surface area contributed by atoms with E-state index in [0.717, 1.165) is 58.8 Å². The average Bonchev–Trinajstić information content (AvgIpc) is 3.05. The number of nitrogens with zero attached hydrogens (tertiary/aromatic N) is 1. The minimum Gasteiger partial charge on any atom is -0.495 e. The second-order valence-electron chi connectivity index (χ2n) is 8.12. The Hall–Kier alpha value is -3.08. The van der Waals surface area contributed by atoms with E-state index < -0.39 is 0 Å². The number of anilines is 2. The molecule has 2 aromatic heterocycles. The van der Waals surface area contributed by atoms with Crippen molar-refractivity contribution >= 4 is 17.7 Å². The van der Waals surface area contributed by atoms with Gasteiger partial charge in [0.15, 0.2) is 0 Å². The lowest BCUT2D eigenvalue weighted by Crippen LogP contribution is -2.26. The molecule has 1 aromatic carbocycles. The maximum atomic E-state index is 12.0. The number of fused-ring (bicyclic) bond motifs is 1. The fourth-order valence-corrected chi connectivity index (χ4v) is 4.23. The van der Waals surface area contributed by atoms with Crippen LogP contribution in [0.4, 0.5) is 11.4 Å². The number of pyridine rings is 1. The number of aldehydes is 1. The molecule has 0 fully saturated rings. The van der Waals surface area contributed by atoms with Gasteiger partial charge in [-0.1, -0.05) is 26.0 Å². The van der Waals surface area contributed by atoms with Crippen molar-refractivity contribution in [2.45, 2.75) is 32.6 Å². The molecule has 3 aromatic rings. The number of aromatic nitrogens is 2. The summed E-state index contributed by atoms with van der Waals surface area (Å²) in [5.74, 6) is 0.611. The Morgan fingerprint density at radius 3 is 2.68 bits per heavy atom. The summed E-state index contributed by atoms with van der Waals surface area (Å²) in [4.78, 5) is 19.8. The van der Waals surface area contributed by atoms with Crippen LogP contribution in [0.3, 0.4) is 0 Å². The zero-order valence-electron chi connectivity index (χ0n) is 16.5. The summed E-state index contributed by atoms with van der Waals surface area (Å²) in [6, 6.07) is 11.8. The molecule has 1 aliphatic carbocycles. The van der Waals surface area contributed by atoms with Crippen LogP contribution in [0.1, 0.15) is 37.4 Å². The van der Waals surface area contributed by atoms with Crippen molar-refractivity contribution in [3.8, 4) is 17.0 Å². The van der Waals surface area contributed by atoms with Gasteiger partial charge in [0.25, 0.3) is 0 Å². The first-order valence-electron chi connectivity index (χ1n) is 9.53. The Morgan fingerprint density at radius 1 is 1.21 bits per heavy atom. The SMILES string of the molecule is COc1ccccc1Nc1c(-c2ccncc2)[nH]c2c1C(C=O)CC(C)(C)C2. The van der Waals surface area contributed by atoms with E-state index in [1.165, 1.54) is 0 Å². The first kappa shape index (κ1) is 18.3. The van der Waals surface area contributed by atoms with Gasteiger partial charge in [-0.05, 0) is 42.5 Å². The number of methoxy groups -OCH3 is 1. The molecule has 2 N–H and O–H groups in total. The van der Waals surface area contributed by atoms with Gasteiger partial charge in [-0.15, -0.1) is 0 Å². The van der Waals surface area contributed by atoms with Crippen molar-refractivity contribution in [2.75, 3.05) is 12.4 Å². The van der Waals surface area contributed by atoms with E-state index in [4.69, 9.17) is 4.74 Å². The molecule has 1 aliphatic rings. The van der Waals surface area contributed by atoms with Crippen LogP contribution in [0.15, 0.2) is 48.8 Å². The van der Waals surface area contributed by atoms with Gasteiger partial charge < -0.3 is 19.8 Å². The molecule has 0 radical (unpaired) electrons. The largest absolute Gasteiger partial charge is 0.495 e. The van der Waals surface area contributed by atoms with Crippen LogP contribution in [0, 0.1) is 5.41 Å². The first-order valence-corrected chi connectivity index (χ1v) is 9.53. The minimum absolute atomic E-state index is 0.0701. The highest BCUT2D eigenvalue weighted by molar-refractivity contribution is 5.87. The van der Waals surface area contributed by atoms with Crippen LogP contribution < -0.4 is 10.1 Å². The van der Waals surface area contributed by atoms with Gasteiger partial charge in [-0.3, -0.25) is 4.98 Å². The van der Waals surface area contributed by atoms with Gasteiger partial charge in [0, 0.05) is 35.1 Å². The van der Waals surface area contributed by atoms with Crippen molar-refractivity contribution in [3.63, 3.8) is 0 Å². The van der Waals surface area contributed by atoms with Crippen LogP contribution in [-0.4, -0.2) is 23.4 Å². The average molecular weight is 375 g/mol. The van der Waals surface area contributed by atoms with Gasteiger partial charge in [0.1, 0.15) is 12.0 Å². The quantitative estimate of drug-likeness (QED) is 0.610. The van der Waals surface area contributed by atoms with Crippen LogP contribution in [0.2, 0.25) is 0 Å². The van der Waals surface area contributed by atoms with E-state index in [-0.39, 0.29) is 11.3 Å². The van der Waals surface area contributed by atoms with E-state index in [9.17, 15) is 4.79 Å².